The van der Waals surface area contributed by atoms with Crippen molar-refractivity contribution in [3.63, 3.8) is 0 Å². The van der Waals surface area contributed by atoms with E-state index in [1.54, 1.807) is 6.07 Å². The molecule has 1 heterocycles. The van der Waals surface area contributed by atoms with Gasteiger partial charge in [-0.05, 0) is 24.1 Å². The predicted octanol–water partition coefficient (Wildman–Crippen LogP) is 3.55. The Morgan fingerprint density at radius 3 is 2.61 bits per heavy atom. The molecule has 0 amide bonds. The summed E-state index contributed by atoms with van der Waals surface area (Å²) in [5.74, 6) is 0. The fraction of sp³-hybridized carbons (Fsp3) is 0.231. The van der Waals surface area contributed by atoms with Gasteiger partial charge in [0, 0.05) is 13.1 Å². The Bertz CT molecular complexity index is 577. The standard InChI is InChI=1S/C13H9Cl2N3/c14-11-2-1-3-12(13(11)15)18-5-4-9(8-18)10(6-16)7-17/h1-3H,4-5,8H2. The number of hydrogen-bond donors (Lipinski definition) is 0. The van der Waals surface area contributed by atoms with Crippen molar-refractivity contribution in [1.29, 1.82) is 10.5 Å². The first-order chi connectivity index (χ1) is 8.67. The maximum atomic E-state index is 8.85. The van der Waals surface area contributed by atoms with Gasteiger partial charge in [-0.3, -0.25) is 0 Å². The van der Waals surface area contributed by atoms with E-state index in [-0.39, 0.29) is 5.57 Å². The summed E-state index contributed by atoms with van der Waals surface area (Å²) in [4.78, 5) is 2.03. The van der Waals surface area contributed by atoms with Crippen molar-refractivity contribution in [2.75, 3.05) is 18.0 Å². The average Bonchev–Trinajstić information content (AvgIpc) is 2.84. The zero-order chi connectivity index (χ0) is 13.1. The van der Waals surface area contributed by atoms with Crippen molar-refractivity contribution < 1.29 is 0 Å². The SMILES string of the molecule is N#CC(C#N)=C1CCN(c2cccc(Cl)c2Cl)C1. The molecule has 5 heteroatoms. The minimum Gasteiger partial charge on any atom is -0.366 e. The second-order valence-corrected chi connectivity index (χ2v) is 4.73. The largest absolute Gasteiger partial charge is 0.366 e. The molecule has 90 valence electrons. The number of rotatable bonds is 1. The summed E-state index contributed by atoms with van der Waals surface area (Å²) in [5.41, 5.74) is 1.90. The average molecular weight is 278 g/mol. The Morgan fingerprint density at radius 1 is 1.22 bits per heavy atom. The second-order valence-electron chi connectivity index (χ2n) is 3.95. The lowest BCUT2D eigenvalue weighted by atomic mass is 10.1. The van der Waals surface area contributed by atoms with E-state index in [0.29, 0.717) is 23.0 Å². The Hall–Kier alpha value is -1.68. The summed E-state index contributed by atoms with van der Waals surface area (Å²) in [6.07, 6.45) is 0.708. The van der Waals surface area contributed by atoms with E-state index >= 15 is 0 Å². The molecule has 18 heavy (non-hydrogen) atoms. The predicted molar refractivity (Wildman–Crippen MR) is 71.5 cm³/mol. The van der Waals surface area contributed by atoms with Crippen LogP contribution in [0.1, 0.15) is 6.42 Å². The van der Waals surface area contributed by atoms with E-state index < -0.39 is 0 Å². The second kappa shape index (κ2) is 5.31. The Kier molecular flexibility index (Phi) is 3.77. The summed E-state index contributed by atoms with van der Waals surface area (Å²) in [6.45, 7) is 1.29. The maximum absolute atomic E-state index is 8.85. The molecule has 3 nitrogen and oxygen atoms in total. The Labute approximate surface area is 115 Å². The smallest absolute Gasteiger partial charge is 0.130 e. The lowest BCUT2D eigenvalue weighted by Crippen LogP contribution is -2.18. The molecular formula is C13H9Cl2N3. The van der Waals surface area contributed by atoms with Crippen LogP contribution in [0, 0.1) is 22.7 Å². The van der Waals surface area contributed by atoms with Crippen molar-refractivity contribution in [1.82, 2.24) is 0 Å². The summed E-state index contributed by atoms with van der Waals surface area (Å²) < 4.78 is 0. The molecule has 0 unspecified atom stereocenters. The van der Waals surface area contributed by atoms with Gasteiger partial charge in [0.15, 0.2) is 0 Å². The molecule has 0 aliphatic carbocycles. The number of allylic oxidation sites excluding steroid dienone is 1. The van der Waals surface area contributed by atoms with Crippen LogP contribution in [0.25, 0.3) is 0 Å². The maximum Gasteiger partial charge on any atom is 0.130 e. The minimum absolute atomic E-state index is 0.204. The summed E-state index contributed by atoms with van der Waals surface area (Å²) in [5, 5.41) is 18.7. The van der Waals surface area contributed by atoms with Crippen molar-refractivity contribution in [2.45, 2.75) is 6.42 Å². The highest BCUT2D eigenvalue weighted by Gasteiger charge is 2.22. The molecule has 1 aromatic rings. The van der Waals surface area contributed by atoms with Crippen LogP contribution in [0.15, 0.2) is 29.3 Å². The molecule has 1 fully saturated rings. The van der Waals surface area contributed by atoms with E-state index in [0.717, 1.165) is 17.8 Å². The quantitative estimate of drug-likeness (QED) is 0.738. The van der Waals surface area contributed by atoms with Crippen LogP contribution in [0.5, 0.6) is 0 Å². The molecule has 1 aliphatic rings. The summed E-state index contributed by atoms with van der Waals surface area (Å²) >= 11 is 12.1. The third-order valence-electron chi connectivity index (χ3n) is 2.91. The van der Waals surface area contributed by atoms with Gasteiger partial charge in [-0.1, -0.05) is 29.3 Å². The molecule has 1 aromatic carbocycles. The van der Waals surface area contributed by atoms with Crippen molar-refractivity contribution in [3.05, 3.63) is 39.4 Å². The van der Waals surface area contributed by atoms with Gasteiger partial charge >= 0.3 is 0 Å². The number of hydrogen-bond acceptors (Lipinski definition) is 3. The number of nitriles is 2. The van der Waals surface area contributed by atoms with Crippen LogP contribution in [-0.2, 0) is 0 Å². The molecule has 2 rings (SSSR count). The fourth-order valence-corrected chi connectivity index (χ4v) is 2.40. The van der Waals surface area contributed by atoms with E-state index in [2.05, 4.69) is 0 Å². The molecule has 0 spiro atoms. The number of anilines is 1. The summed E-state index contributed by atoms with van der Waals surface area (Å²) in [6, 6.07) is 9.30. The van der Waals surface area contributed by atoms with E-state index in [9.17, 15) is 0 Å². The molecule has 1 aliphatic heterocycles. The first kappa shape index (κ1) is 12.8. The van der Waals surface area contributed by atoms with Crippen LogP contribution < -0.4 is 4.90 Å². The number of nitrogens with zero attached hydrogens (tertiary/aromatic N) is 3. The monoisotopic (exact) mass is 277 g/mol. The molecular weight excluding hydrogens is 269 g/mol. The molecule has 0 N–H and O–H groups in total. The molecule has 0 radical (unpaired) electrons. The topological polar surface area (TPSA) is 50.8 Å². The van der Waals surface area contributed by atoms with Crippen LogP contribution in [0.4, 0.5) is 5.69 Å². The third-order valence-corrected chi connectivity index (χ3v) is 3.72. The normalized spacial score (nSPS) is 14.2. The van der Waals surface area contributed by atoms with Gasteiger partial charge in [0.1, 0.15) is 17.7 Å². The minimum atomic E-state index is 0.204. The number of halogens is 2. The van der Waals surface area contributed by atoms with Crippen LogP contribution in [0.3, 0.4) is 0 Å². The van der Waals surface area contributed by atoms with Gasteiger partial charge in [-0.15, -0.1) is 0 Å². The van der Waals surface area contributed by atoms with Crippen LogP contribution in [-0.4, -0.2) is 13.1 Å². The van der Waals surface area contributed by atoms with Crippen molar-refractivity contribution in [3.8, 4) is 12.1 Å². The molecule has 0 aromatic heterocycles. The fourth-order valence-electron chi connectivity index (χ4n) is 1.99. The van der Waals surface area contributed by atoms with Gasteiger partial charge in [0.2, 0.25) is 0 Å². The number of benzene rings is 1. The molecule has 1 saturated heterocycles. The zero-order valence-corrected chi connectivity index (χ0v) is 11.0. The summed E-state index contributed by atoms with van der Waals surface area (Å²) in [7, 11) is 0. The lowest BCUT2D eigenvalue weighted by Gasteiger charge is -2.19. The highest BCUT2D eigenvalue weighted by Crippen LogP contribution is 2.35. The molecule has 0 saturated carbocycles. The highest BCUT2D eigenvalue weighted by atomic mass is 35.5. The van der Waals surface area contributed by atoms with Crippen molar-refractivity contribution in [2.24, 2.45) is 0 Å². The van der Waals surface area contributed by atoms with Crippen molar-refractivity contribution >= 4 is 28.9 Å². The first-order valence-electron chi connectivity index (χ1n) is 5.38. The lowest BCUT2D eigenvalue weighted by molar-refractivity contribution is 0.968. The molecule has 0 atom stereocenters. The van der Waals surface area contributed by atoms with Gasteiger partial charge < -0.3 is 4.90 Å². The van der Waals surface area contributed by atoms with Gasteiger partial charge in [0.25, 0.3) is 0 Å². The Balaban J connectivity index is 2.30. The van der Waals surface area contributed by atoms with Crippen LogP contribution in [0.2, 0.25) is 10.0 Å². The van der Waals surface area contributed by atoms with Gasteiger partial charge in [-0.25, -0.2) is 0 Å². The van der Waals surface area contributed by atoms with E-state index in [4.69, 9.17) is 33.7 Å². The van der Waals surface area contributed by atoms with Gasteiger partial charge in [0.05, 0.1) is 15.7 Å². The van der Waals surface area contributed by atoms with E-state index in [1.165, 1.54) is 0 Å². The molecule has 0 bridgehead atoms. The van der Waals surface area contributed by atoms with E-state index in [1.807, 2.05) is 29.2 Å². The van der Waals surface area contributed by atoms with Gasteiger partial charge in [-0.2, -0.15) is 10.5 Å². The Morgan fingerprint density at radius 2 is 1.94 bits per heavy atom. The first-order valence-corrected chi connectivity index (χ1v) is 6.14. The highest BCUT2D eigenvalue weighted by molar-refractivity contribution is 6.43. The zero-order valence-electron chi connectivity index (χ0n) is 9.45. The van der Waals surface area contributed by atoms with Crippen LogP contribution >= 0.6 is 23.2 Å². The third kappa shape index (κ3) is 2.29.